The zero-order chi connectivity index (χ0) is 25.4. The van der Waals surface area contributed by atoms with Crippen LogP contribution in [0.4, 0.5) is 15.8 Å². The Morgan fingerprint density at radius 3 is 1.60 bits per heavy atom. The smallest absolute Gasteiger partial charge is 0.258 e. The van der Waals surface area contributed by atoms with Crippen molar-refractivity contribution < 1.29 is 14.0 Å². The van der Waals surface area contributed by atoms with Gasteiger partial charge in [-0.2, -0.15) is 0 Å². The van der Waals surface area contributed by atoms with Gasteiger partial charge in [-0.05, 0) is 53.6 Å². The highest BCUT2D eigenvalue weighted by molar-refractivity contribution is 6.07. The van der Waals surface area contributed by atoms with Crippen LogP contribution in [0.5, 0.6) is 0 Å². The Balaban J connectivity index is 1.60. The fraction of sp³-hybridized carbons (Fsp3) is 0.0833. The van der Waals surface area contributed by atoms with E-state index in [9.17, 15) is 14.0 Å². The molecule has 3 aromatic rings. The Bertz CT molecular complexity index is 1240. The SMILES string of the molecule is N=C(N)NCc1ccc(NC(=O)c2ccc(C(=O)Nc3ccc(CNC(=N)N)cc3)c(F)c2)cc1. The van der Waals surface area contributed by atoms with Crippen molar-refractivity contribution in [2.75, 3.05) is 10.6 Å². The molecule has 2 amide bonds. The lowest BCUT2D eigenvalue weighted by Gasteiger charge is -2.10. The molecule has 0 unspecified atom stereocenters. The number of benzene rings is 3. The summed E-state index contributed by atoms with van der Waals surface area (Å²) in [6, 6.07) is 17.3. The van der Waals surface area contributed by atoms with Crippen LogP contribution in [0, 0.1) is 16.6 Å². The summed E-state index contributed by atoms with van der Waals surface area (Å²) in [6.45, 7) is 0.739. The van der Waals surface area contributed by atoms with Crippen molar-refractivity contribution in [1.82, 2.24) is 10.6 Å². The van der Waals surface area contributed by atoms with E-state index in [0.717, 1.165) is 17.2 Å². The van der Waals surface area contributed by atoms with Gasteiger partial charge in [0.2, 0.25) is 0 Å². The Hall–Kier alpha value is -4.93. The standard InChI is InChI=1S/C24H25FN8O2/c25-20-11-16(21(34)32-17-6-1-14(2-7-17)12-30-23(26)27)5-10-19(20)22(35)33-18-8-3-15(4-9-18)13-31-24(28)29/h1-11H,12-13H2,(H,32,34)(H,33,35)(H4,26,27,30)(H4,28,29,31). The van der Waals surface area contributed by atoms with Gasteiger partial charge in [-0.1, -0.05) is 24.3 Å². The minimum atomic E-state index is -0.830. The van der Waals surface area contributed by atoms with Crippen LogP contribution in [-0.2, 0) is 13.1 Å². The van der Waals surface area contributed by atoms with Crippen LogP contribution in [0.2, 0.25) is 0 Å². The number of hydrogen-bond donors (Lipinski definition) is 8. The molecule has 0 spiro atoms. The number of guanidine groups is 2. The van der Waals surface area contributed by atoms with Gasteiger partial charge in [-0.15, -0.1) is 0 Å². The highest BCUT2D eigenvalue weighted by Crippen LogP contribution is 2.17. The van der Waals surface area contributed by atoms with Crippen molar-refractivity contribution in [1.29, 1.82) is 10.8 Å². The van der Waals surface area contributed by atoms with Crippen molar-refractivity contribution in [2.45, 2.75) is 13.1 Å². The number of nitrogens with two attached hydrogens (primary N) is 2. The molecule has 0 aliphatic carbocycles. The second-order valence-electron chi connectivity index (χ2n) is 7.53. The predicted octanol–water partition coefficient (Wildman–Crippen LogP) is 2.30. The summed E-state index contributed by atoms with van der Waals surface area (Å²) < 4.78 is 14.6. The average molecular weight is 477 g/mol. The van der Waals surface area contributed by atoms with Crippen LogP contribution in [0.1, 0.15) is 31.8 Å². The van der Waals surface area contributed by atoms with E-state index in [4.69, 9.17) is 22.3 Å². The molecule has 0 saturated heterocycles. The lowest BCUT2D eigenvalue weighted by Crippen LogP contribution is -2.29. The summed E-state index contributed by atoms with van der Waals surface area (Å²) in [7, 11) is 0. The molecule has 35 heavy (non-hydrogen) atoms. The Labute approximate surface area is 200 Å². The molecule has 0 aliphatic heterocycles. The van der Waals surface area contributed by atoms with Crippen molar-refractivity contribution in [3.8, 4) is 0 Å². The highest BCUT2D eigenvalue weighted by atomic mass is 19.1. The Kier molecular flexibility index (Phi) is 7.96. The molecule has 3 aromatic carbocycles. The molecule has 0 aliphatic rings. The number of halogens is 1. The van der Waals surface area contributed by atoms with Crippen LogP contribution < -0.4 is 32.7 Å². The van der Waals surface area contributed by atoms with Gasteiger partial charge in [0.1, 0.15) is 5.82 Å². The predicted molar refractivity (Wildman–Crippen MR) is 133 cm³/mol. The van der Waals surface area contributed by atoms with Gasteiger partial charge >= 0.3 is 0 Å². The first kappa shape index (κ1) is 24.7. The number of anilines is 2. The monoisotopic (exact) mass is 476 g/mol. The van der Waals surface area contributed by atoms with E-state index < -0.39 is 17.6 Å². The van der Waals surface area contributed by atoms with Crippen LogP contribution in [0.15, 0.2) is 66.7 Å². The number of carbonyl (C=O) groups is 2. The fourth-order valence-corrected chi connectivity index (χ4v) is 3.05. The fourth-order valence-electron chi connectivity index (χ4n) is 3.05. The first-order valence-electron chi connectivity index (χ1n) is 10.5. The summed E-state index contributed by atoms with van der Waals surface area (Å²) in [5, 5.41) is 25.0. The number of rotatable bonds is 8. The molecule has 11 heteroatoms. The van der Waals surface area contributed by atoms with Crippen LogP contribution >= 0.6 is 0 Å². The molecule has 180 valence electrons. The first-order chi connectivity index (χ1) is 16.7. The molecule has 3 rings (SSSR count). The third-order valence-electron chi connectivity index (χ3n) is 4.87. The van der Waals surface area contributed by atoms with Crippen molar-refractivity contribution in [2.24, 2.45) is 11.5 Å². The van der Waals surface area contributed by atoms with Gasteiger partial charge in [0.05, 0.1) is 5.56 Å². The second kappa shape index (κ2) is 11.3. The minimum Gasteiger partial charge on any atom is -0.370 e. The molecule has 0 saturated carbocycles. The first-order valence-corrected chi connectivity index (χ1v) is 10.5. The van der Waals surface area contributed by atoms with E-state index in [0.29, 0.717) is 24.5 Å². The maximum atomic E-state index is 14.6. The number of carbonyl (C=O) groups excluding carboxylic acids is 2. The van der Waals surface area contributed by atoms with Crippen molar-refractivity contribution in [3.05, 3.63) is 94.8 Å². The van der Waals surface area contributed by atoms with Gasteiger partial charge in [-0.3, -0.25) is 20.4 Å². The van der Waals surface area contributed by atoms with E-state index >= 15 is 0 Å². The number of amides is 2. The van der Waals surface area contributed by atoms with Crippen molar-refractivity contribution >= 4 is 35.1 Å². The number of hydrogen-bond acceptors (Lipinski definition) is 4. The van der Waals surface area contributed by atoms with E-state index in [-0.39, 0.29) is 23.0 Å². The summed E-state index contributed by atoms with van der Waals surface area (Å²) >= 11 is 0. The van der Waals surface area contributed by atoms with E-state index in [1.165, 1.54) is 12.1 Å². The summed E-state index contributed by atoms with van der Waals surface area (Å²) in [5.41, 5.74) is 13.0. The Morgan fingerprint density at radius 2 is 1.17 bits per heavy atom. The summed E-state index contributed by atoms with van der Waals surface area (Å²) in [6.07, 6.45) is 0. The maximum absolute atomic E-state index is 14.6. The molecule has 10 nitrogen and oxygen atoms in total. The molecule has 0 aromatic heterocycles. The van der Waals surface area contributed by atoms with Crippen molar-refractivity contribution in [3.63, 3.8) is 0 Å². The highest BCUT2D eigenvalue weighted by Gasteiger charge is 2.15. The van der Waals surface area contributed by atoms with Gasteiger partial charge < -0.3 is 32.7 Å². The number of nitrogens with one attached hydrogen (secondary N) is 6. The zero-order valence-corrected chi connectivity index (χ0v) is 18.6. The molecule has 0 radical (unpaired) electrons. The lowest BCUT2D eigenvalue weighted by molar-refractivity contribution is 0.101. The summed E-state index contributed by atoms with van der Waals surface area (Å²) in [5.74, 6) is -2.30. The second-order valence-corrected chi connectivity index (χ2v) is 7.53. The molecule has 0 atom stereocenters. The molecular formula is C24H25FN8O2. The topological polar surface area (TPSA) is 182 Å². The van der Waals surface area contributed by atoms with E-state index in [1.54, 1.807) is 48.5 Å². The van der Waals surface area contributed by atoms with E-state index in [2.05, 4.69) is 21.3 Å². The Morgan fingerprint density at radius 1 is 0.714 bits per heavy atom. The van der Waals surface area contributed by atoms with Gasteiger partial charge in [0, 0.05) is 30.0 Å². The normalized spacial score (nSPS) is 10.2. The van der Waals surface area contributed by atoms with Crippen LogP contribution in [0.25, 0.3) is 0 Å². The van der Waals surface area contributed by atoms with Crippen LogP contribution in [-0.4, -0.2) is 23.7 Å². The maximum Gasteiger partial charge on any atom is 0.258 e. The molecule has 0 fully saturated rings. The molecule has 0 bridgehead atoms. The van der Waals surface area contributed by atoms with Gasteiger partial charge in [0.15, 0.2) is 11.9 Å². The molecule has 10 N–H and O–H groups in total. The largest absolute Gasteiger partial charge is 0.370 e. The average Bonchev–Trinajstić information content (AvgIpc) is 2.83. The third kappa shape index (κ3) is 7.29. The van der Waals surface area contributed by atoms with Gasteiger partial charge in [0.25, 0.3) is 11.8 Å². The molecular weight excluding hydrogens is 451 g/mol. The lowest BCUT2D eigenvalue weighted by atomic mass is 10.1. The zero-order valence-electron chi connectivity index (χ0n) is 18.6. The van der Waals surface area contributed by atoms with Gasteiger partial charge in [-0.25, -0.2) is 4.39 Å². The van der Waals surface area contributed by atoms with E-state index in [1.807, 2.05) is 0 Å². The summed E-state index contributed by atoms with van der Waals surface area (Å²) in [4.78, 5) is 25.0. The third-order valence-corrected chi connectivity index (χ3v) is 4.87. The minimum absolute atomic E-state index is 0.0590. The van der Waals surface area contributed by atoms with Crippen LogP contribution in [0.3, 0.4) is 0 Å². The molecule has 0 heterocycles. The quantitative estimate of drug-likeness (QED) is 0.182.